The van der Waals surface area contributed by atoms with E-state index in [0.717, 1.165) is 51.4 Å². The van der Waals surface area contributed by atoms with Gasteiger partial charge in [-0.05, 0) is 38.5 Å². The van der Waals surface area contributed by atoms with Crippen LogP contribution in [0.25, 0.3) is 0 Å². The van der Waals surface area contributed by atoms with Gasteiger partial charge in [-0.25, -0.2) is 0 Å². The Morgan fingerprint density at radius 2 is 1.18 bits per heavy atom. The smallest absolute Gasteiger partial charge is 0.249 e. The highest BCUT2D eigenvalue weighted by molar-refractivity contribution is 5.80. The molecule has 0 aliphatic carbocycles. The highest BCUT2D eigenvalue weighted by Crippen LogP contribution is 2.23. The molecule has 0 bridgehead atoms. The highest BCUT2D eigenvalue weighted by Gasteiger charge is 2.44. The lowest BCUT2D eigenvalue weighted by atomic mass is 9.98. The van der Waals surface area contributed by atoms with Gasteiger partial charge < -0.3 is 50.5 Å². The van der Waals surface area contributed by atoms with Crippen LogP contribution in [0.1, 0.15) is 155 Å². The highest BCUT2D eigenvalue weighted by atomic mass is 16.7. The van der Waals surface area contributed by atoms with Gasteiger partial charge in [0.25, 0.3) is 0 Å². The van der Waals surface area contributed by atoms with Crippen molar-refractivity contribution in [2.75, 3.05) is 13.2 Å². The molecule has 1 rings (SSSR count). The number of aliphatic hydroxyl groups is 7. The van der Waals surface area contributed by atoms with Crippen molar-refractivity contribution in [2.24, 2.45) is 0 Å². The van der Waals surface area contributed by atoms with Crippen molar-refractivity contribution in [2.45, 2.75) is 210 Å². The average molecular weight is 704 g/mol. The predicted octanol–water partition coefficient (Wildman–Crippen LogP) is 4.55. The van der Waals surface area contributed by atoms with Crippen LogP contribution in [0.3, 0.4) is 0 Å². The molecule has 290 valence electrons. The van der Waals surface area contributed by atoms with E-state index in [0.29, 0.717) is 19.3 Å². The van der Waals surface area contributed by atoms with Gasteiger partial charge in [0.1, 0.15) is 36.6 Å². The van der Waals surface area contributed by atoms with Crippen LogP contribution in [-0.4, -0.2) is 110 Å². The van der Waals surface area contributed by atoms with E-state index in [2.05, 4.69) is 31.3 Å². The number of carbonyl (C=O) groups excluding carboxylic acids is 1. The molecule has 1 heterocycles. The van der Waals surface area contributed by atoms with Crippen molar-refractivity contribution in [1.82, 2.24) is 5.32 Å². The largest absolute Gasteiger partial charge is 0.394 e. The molecule has 0 aromatic rings. The summed E-state index contributed by atoms with van der Waals surface area (Å²) in [6, 6.07) is -1.16. The number of hydrogen-bond donors (Lipinski definition) is 8. The molecule has 0 saturated carbocycles. The van der Waals surface area contributed by atoms with Crippen molar-refractivity contribution in [3.8, 4) is 0 Å². The van der Waals surface area contributed by atoms with Crippen LogP contribution in [-0.2, 0) is 14.3 Å². The number of rotatable bonds is 31. The molecule has 9 unspecified atom stereocenters. The summed E-state index contributed by atoms with van der Waals surface area (Å²) in [6.45, 7) is 3.26. The number of allylic oxidation sites excluding steroid dienone is 2. The van der Waals surface area contributed by atoms with E-state index in [-0.39, 0.29) is 6.42 Å². The Hall–Kier alpha value is -1.15. The molecule has 0 radical (unpaired) electrons. The summed E-state index contributed by atoms with van der Waals surface area (Å²) in [5, 5.41) is 74.6. The van der Waals surface area contributed by atoms with Gasteiger partial charge in [-0.1, -0.05) is 129 Å². The summed E-state index contributed by atoms with van der Waals surface area (Å²) in [4.78, 5) is 12.9. The molecule has 11 nitrogen and oxygen atoms in total. The molecule has 8 N–H and O–H groups in total. The quantitative estimate of drug-likeness (QED) is 0.0376. The van der Waals surface area contributed by atoms with Gasteiger partial charge in [0, 0.05) is 0 Å². The molecule has 49 heavy (non-hydrogen) atoms. The number of ether oxygens (including phenoxy) is 2. The maximum absolute atomic E-state index is 12.9. The van der Waals surface area contributed by atoms with Crippen LogP contribution in [0, 0.1) is 0 Å². The van der Waals surface area contributed by atoms with Gasteiger partial charge in [-0.15, -0.1) is 0 Å². The Morgan fingerprint density at radius 3 is 1.73 bits per heavy atom. The number of carbonyl (C=O) groups is 1. The monoisotopic (exact) mass is 704 g/mol. The van der Waals surface area contributed by atoms with Crippen LogP contribution in [0.5, 0.6) is 0 Å². The molecular formula is C38H73NO10. The molecule has 0 spiro atoms. The molecule has 1 fully saturated rings. The Bertz CT molecular complexity index is 815. The predicted molar refractivity (Wildman–Crippen MR) is 192 cm³/mol. The second-order valence-corrected chi connectivity index (χ2v) is 14.0. The lowest BCUT2D eigenvalue weighted by Gasteiger charge is -2.40. The zero-order valence-electron chi connectivity index (χ0n) is 30.7. The van der Waals surface area contributed by atoms with Gasteiger partial charge in [-0.3, -0.25) is 4.79 Å². The van der Waals surface area contributed by atoms with Gasteiger partial charge in [-0.2, -0.15) is 0 Å². The summed E-state index contributed by atoms with van der Waals surface area (Å²) in [5.74, 6) is -0.710. The molecule has 1 amide bonds. The number of nitrogens with one attached hydrogen (secondary N) is 1. The van der Waals surface area contributed by atoms with Crippen LogP contribution in [0.4, 0.5) is 0 Å². The van der Waals surface area contributed by atoms with Crippen molar-refractivity contribution in [1.29, 1.82) is 0 Å². The topological polar surface area (TPSA) is 189 Å². The van der Waals surface area contributed by atoms with Crippen LogP contribution in [0.2, 0.25) is 0 Å². The van der Waals surface area contributed by atoms with Gasteiger partial charge in [0.2, 0.25) is 5.91 Å². The molecule has 11 heteroatoms. The van der Waals surface area contributed by atoms with Crippen molar-refractivity contribution < 1.29 is 50.0 Å². The molecule has 0 aromatic heterocycles. The first kappa shape index (κ1) is 45.9. The second-order valence-electron chi connectivity index (χ2n) is 14.0. The van der Waals surface area contributed by atoms with Gasteiger partial charge in [0.05, 0.1) is 25.4 Å². The minimum Gasteiger partial charge on any atom is -0.394 e. The number of amides is 1. The second kappa shape index (κ2) is 29.4. The standard InChI is InChI=1S/C38H73NO10/c1-3-5-7-9-10-11-12-13-14-15-16-17-18-19-20-21-22-24-26-31(42)37(47)39-29(33(43)30(41)25-23-8-6-4-2)28-48-38-36(46)35(45)34(44)32(27-40)49-38/h15-16,29-36,38,40-46H,3-14,17-28H2,1-2H3,(H,39,47)/b16-15-. The molecule has 1 saturated heterocycles. The Balaban J connectivity index is 2.39. The molecular weight excluding hydrogens is 630 g/mol. The van der Waals surface area contributed by atoms with E-state index >= 15 is 0 Å². The average Bonchev–Trinajstić information content (AvgIpc) is 3.10. The van der Waals surface area contributed by atoms with Crippen molar-refractivity contribution in [3.63, 3.8) is 0 Å². The maximum Gasteiger partial charge on any atom is 0.249 e. The summed E-state index contributed by atoms with van der Waals surface area (Å²) in [5.41, 5.74) is 0. The minimum absolute atomic E-state index is 0.253. The third kappa shape index (κ3) is 20.5. The summed E-state index contributed by atoms with van der Waals surface area (Å²) >= 11 is 0. The molecule has 1 aliphatic heterocycles. The third-order valence-corrected chi connectivity index (χ3v) is 9.57. The Labute approximate surface area is 296 Å². The van der Waals surface area contributed by atoms with E-state index in [4.69, 9.17) is 9.47 Å². The summed E-state index contributed by atoms with van der Waals surface area (Å²) in [6.07, 6.45) is 16.4. The fraction of sp³-hybridized carbons (Fsp3) is 0.921. The van der Waals surface area contributed by atoms with Gasteiger partial charge >= 0.3 is 0 Å². The maximum atomic E-state index is 12.9. The van der Waals surface area contributed by atoms with E-state index in [1.165, 1.54) is 64.2 Å². The van der Waals surface area contributed by atoms with Gasteiger partial charge in [0.15, 0.2) is 6.29 Å². The molecule has 9 atom stereocenters. The number of hydrogen-bond acceptors (Lipinski definition) is 10. The fourth-order valence-corrected chi connectivity index (χ4v) is 6.20. The lowest BCUT2D eigenvalue weighted by Crippen LogP contribution is -2.60. The van der Waals surface area contributed by atoms with E-state index in [9.17, 15) is 40.5 Å². The van der Waals surface area contributed by atoms with E-state index in [1.54, 1.807) is 0 Å². The Morgan fingerprint density at radius 1 is 0.694 bits per heavy atom. The zero-order valence-corrected chi connectivity index (χ0v) is 30.7. The van der Waals surface area contributed by atoms with Crippen LogP contribution >= 0.6 is 0 Å². The van der Waals surface area contributed by atoms with E-state index < -0.39 is 74.2 Å². The molecule has 1 aliphatic rings. The summed E-state index contributed by atoms with van der Waals surface area (Å²) < 4.78 is 10.9. The Kier molecular flexibility index (Phi) is 27.6. The third-order valence-electron chi connectivity index (χ3n) is 9.57. The lowest BCUT2D eigenvalue weighted by molar-refractivity contribution is -0.303. The fourth-order valence-electron chi connectivity index (χ4n) is 6.20. The van der Waals surface area contributed by atoms with Crippen molar-refractivity contribution >= 4 is 5.91 Å². The number of unbranched alkanes of at least 4 members (excludes halogenated alkanes) is 17. The van der Waals surface area contributed by atoms with E-state index in [1.807, 2.05) is 0 Å². The first-order chi connectivity index (χ1) is 23.7. The van der Waals surface area contributed by atoms with Crippen LogP contribution < -0.4 is 5.32 Å². The first-order valence-electron chi connectivity index (χ1n) is 19.6. The van der Waals surface area contributed by atoms with Crippen LogP contribution in [0.15, 0.2) is 12.2 Å². The zero-order chi connectivity index (χ0) is 36.3. The molecule has 0 aromatic carbocycles. The number of aliphatic hydroxyl groups excluding tert-OH is 7. The summed E-state index contributed by atoms with van der Waals surface area (Å²) in [7, 11) is 0. The SMILES string of the molecule is CCCCCCCCCC/C=C\CCCCCCCCC(O)C(=O)NC(COC1OC(CO)C(O)C(O)C1O)C(O)C(O)CCCCCC. The minimum atomic E-state index is -1.66. The van der Waals surface area contributed by atoms with Crippen molar-refractivity contribution in [3.05, 3.63) is 12.2 Å². The normalized spacial score (nSPS) is 23.8. The first-order valence-corrected chi connectivity index (χ1v) is 19.6.